The van der Waals surface area contributed by atoms with Crippen LogP contribution in [0.4, 0.5) is 11.5 Å². The number of ether oxygens (including phenoxy) is 1. The second-order valence-electron chi connectivity index (χ2n) is 2.91. The van der Waals surface area contributed by atoms with Gasteiger partial charge < -0.3 is 10.1 Å². The van der Waals surface area contributed by atoms with E-state index >= 15 is 0 Å². The summed E-state index contributed by atoms with van der Waals surface area (Å²) in [4.78, 5) is 14.0. The van der Waals surface area contributed by atoms with Crippen molar-refractivity contribution in [3.05, 3.63) is 22.2 Å². The summed E-state index contributed by atoms with van der Waals surface area (Å²) in [5.74, 6) is 0.611. The standard InChI is InChI=1S/C9H13N3O3/c1-3-6-10-8-5-4-7(12(13)14)9(11-8)15-2/h4-5H,3,6H2,1-2H3,(H,10,11). The highest BCUT2D eigenvalue weighted by molar-refractivity contribution is 5.48. The zero-order valence-electron chi connectivity index (χ0n) is 8.69. The van der Waals surface area contributed by atoms with Crippen LogP contribution in [0.3, 0.4) is 0 Å². The van der Waals surface area contributed by atoms with Crippen LogP contribution in [0.15, 0.2) is 12.1 Å². The molecule has 1 N–H and O–H groups in total. The van der Waals surface area contributed by atoms with Crippen molar-refractivity contribution in [3.8, 4) is 5.88 Å². The van der Waals surface area contributed by atoms with E-state index < -0.39 is 4.92 Å². The molecule has 0 aliphatic rings. The highest BCUT2D eigenvalue weighted by Crippen LogP contribution is 2.25. The number of nitrogens with zero attached hydrogens (tertiary/aromatic N) is 2. The van der Waals surface area contributed by atoms with E-state index in [0.29, 0.717) is 5.82 Å². The minimum absolute atomic E-state index is 0.0288. The first-order valence-corrected chi connectivity index (χ1v) is 4.62. The van der Waals surface area contributed by atoms with Crippen molar-refractivity contribution in [2.45, 2.75) is 13.3 Å². The van der Waals surface area contributed by atoms with E-state index in [0.717, 1.165) is 13.0 Å². The van der Waals surface area contributed by atoms with Gasteiger partial charge in [-0.1, -0.05) is 6.92 Å². The maximum atomic E-state index is 10.6. The fourth-order valence-corrected chi connectivity index (χ4v) is 1.07. The van der Waals surface area contributed by atoms with Gasteiger partial charge in [-0.3, -0.25) is 10.1 Å². The molecular weight excluding hydrogens is 198 g/mol. The molecule has 0 amide bonds. The Morgan fingerprint density at radius 2 is 2.33 bits per heavy atom. The van der Waals surface area contributed by atoms with E-state index in [2.05, 4.69) is 10.3 Å². The van der Waals surface area contributed by atoms with Crippen molar-refractivity contribution in [2.24, 2.45) is 0 Å². The number of anilines is 1. The van der Waals surface area contributed by atoms with Crippen molar-refractivity contribution < 1.29 is 9.66 Å². The van der Waals surface area contributed by atoms with E-state index in [1.165, 1.54) is 13.2 Å². The van der Waals surface area contributed by atoms with Gasteiger partial charge in [0.25, 0.3) is 5.88 Å². The molecule has 6 nitrogen and oxygen atoms in total. The summed E-state index contributed by atoms with van der Waals surface area (Å²) in [5, 5.41) is 13.6. The molecule has 82 valence electrons. The lowest BCUT2D eigenvalue weighted by atomic mass is 10.4. The Morgan fingerprint density at radius 1 is 1.60 bits per heavy atom. The first kappa shape index (κ1) is 11.2. The molecular formula is C9H13N3O3. The fourth-order valence-electron chi connectivity index (χ4n) is 1.07. The van der Waals surface area contributed by atoms with Crippen LogP contribution in [-0.2, 0) is 0 Å². The highest BCUT2D eigenvalue weighted by atomic mass is 16.6. The van der Waals surface area contributed by atoms with E-state index in [9.17, 15) is 10.1 Å². The van der Waals surface area contributed by atoms with Gasteiger partial charge in [-0.25, -0.2) is 0 Å². The lowest BCUT2D eigenvalue weighted by molar-refractivity contribution is -0.386. The monoisotopic (exact) mass is 211 g/mol. The summed E-state index contributed by atoms with van der Waals surface area (Å²) in [7, 11) is 1.36. The molecule has 0 aromatic carbocycles. The highest BCUT2D eigenvalue weighted by Gasteiger charge is 2.16. The first-order chi connectivity index (χ1) is 7.19. The molecule has 0 saturated carbocycles. The normalized spacial score (nSPS) is 9.73. The minimum atomic E-state index is -0.518. The van der Waals surface area contributed by atoms with Gasteiger partial charge in [0, 0.05) is 12.6 Å². The molecule has 0 unspecified atom stereocenters. The number of hydrogen-bond acceptors (Lipinski definition) is 5. The second-order valence-corrected chi connectivity index (χ2v) is 2.91. The van der Waals surface area contributed by atoms with Crippen LogP contribution in [0.2, 0.25) is 0 Å². The van der Waals surface area contributed by atoms with Crippen LogP contribution < -0.4 is 10.1 Å². The molecule has 0 atom stereocenters. The maximum absolute atomic E-state index is 10.6. The fraction of sp³-hybridized carbons (Fsp3) is 0.444. The van der Waals surface area contributed by atoms with Crippen molar-refractivity contribution in [1.82, 2.24) is 4.98 Å². The van der Waals surface area contributed by atoms with Crippen LogP contribution in [0, 0.1) is 10.1 Å². The molecule has 1 heterocycles. The van der Waals surface area contributed by atoms with Crippen LogP contribution in [0.25, 0.3) is 0 Å². The van der Waals surface area contributed by atoms with Gasteiger partial charge in [0.15, 0.2) is 0 Å². The third kappa shape index (κ3) is 2.80. The molecule has 0 aliphatic carbocycles. The Kier molecular flexibility index (Phi) is 3.84. The summed E-state index contributed by atoms with van der Waals surface area (Å²) < 4.78 is 4.83. The van der Waals surface area contributed by atoms with Crippen LogP contribution >= 0.6 is 0 Å². The summed E-state index contributed by atoms with van der Waals surface area (Å²) in [5.41, 5.74) is -0.125. The second kappa shape index (κ2) is 5.14. The van der Waals surface area contributed by atoms with E-state index in [1.54, 1.807) is 6.07 Å². The molecule has 0 spiro atoms. The van der Waals surface area contributed by atoms with Gasteiger partial charge in [-0.2, -0.15) is 4.98 Å². The molecule has 0 bridgehead atoms. The summed E-state index contributed by atoms with van der Waals surface area (Å²) in [6.45, 7) is 2.80. The Bertz CT molecular complexity index is 354. The number of hydrogen-bond donors (Lipinski definition) is 1. The Labute approximate surface area is 87.4 Å². The van der Waals surface area contributed by atoms with E-state index in [-0.39, 0.29) is 11.6 Å². The minimum Gasteiger partial charge on any atom is -0.476 e. The Morgan fingerprint density at radius 3 is 2.87 bits per heavy atom. The molecule has 6 heteroatoms. The first-order valence-electron chi connectivity index (χ1n) is 4.62. The molecule has 0 radical (unpaired) electrons. The number of aromatic nitrogens is 1. The summed E-state index contributed by atoms with van der Waals surface area (Å²) >= 11 is 0. The van der Waals surface area contributed by atoms with Gasteiger partial charge >= 0.3 is 5.69 Å². The Hall–Kier alpha value is -1.85. The van der Waals surface area contributed by atoms with Crippen LogP contribution in [0.5, 0.6) is 5.88 Å². The van der Waals surface area contributed by atoms with Crippen LogP contribution in [-0.4, -0.2) is 23.6 Å². The van der Waals surface area contributed by atoms with Gasteiger partial charge in [-0.15, -0.1) is 0 Å². The average molecular weight is 211 g/mol. The van der Waals surface area contributed by atoms with Crippen molar-refractivity contribution in [2.75, 3.05) is 19.0 Å². The molecule has 1 aromatic rings. The number of methoxy groups -OCH3 is 1. The maximum Gasteiger partial charge on any atom is 0.331 e. The molecule has 15 heavy (non-hydrogen) atoms. The predicted octanol–water partition coefficient (Wildman–Crippen LogP) is 1.82. The van der Waals surface area contributed by atoms with E-state index in [1.807, 2.05) is 6.92 Å². The molecule has 0 saturated heterocycles. The molecule has 1 rings (SSSR count). The van der Waals surface area contributed by atoms with Crippen LogP contribution in [0.1, 0.15) is 13.3 Å². The Balaban J connectivity index is 2.92. The number of nitrogens with one attached hydrogen (secondary N) is 1. The van der Waals surface area contributed by atoms with Crippen molar-refractivity contribution in [3.63, 3.8) is 0 Å². The van der Waals surface area contributed by atoms with Gasteiger partial charge in [0.05, 0.1) is 12.0 Å². The van der Waals surface area contributed by atoms with Crippen molar-refractivity contribution >= 4 is 11.5 Å². The number of nitro groups is 1. The van der Waals surface area contributed by atoms with E-state index in [4.69, 9.17) is 4.74 Å². The summed E-state index contributed by atoms with van der Waals surface area (Å²) in [6, 6.07) is 2.94. The lowest BCUT2D eigenvalue weighted by Crippen LogP contribution is -2.04. The molecule has 1 aromatic heterocycles. The largest absolute Gasteiger partial charge is 0.476 e. The molecule has 0 aliphatic heterocycles. The van der Waals surface area contributed by atoms with Gasteiger partial charge in [-0.05, 0) is 12.5 Å². The lowest BCUT2D eigenvalue weighted by Gasteiger charge is -2.05. The zero-order chi connectivity index (χ0) is 11.3. The predicted molar refractivity (Wildman–Crippen MR) is 56.2 cm³/mol. The van der Waals surface area contributed by atoms with Gasteiger partial charge in [0.2, 0.25) is 0 Å². The van der Waals surface area contributed by atoms with Crippen molar-refractivity contribution in [1.29, 1.82) is 0 Å². The number of pyridine rings is 1. The SMILES string of the molecule is CCCNc1ccc([N+](=O)[O-])c(OC)n1. The van der Waals surface area contributed by atoms with Gasteiger partial charge in [0.1, 0.15) is 5.82 Å². The quantitative estimate of drug-likeness (QED) is 0.593. The zero-order valence-corrected chi connectivity index (χ0v) is 8.69. The number of rotatable bonds is 5. The third-order valence-electron chi connectivity index (χ3n) is 1.79. The smallest absolute Gasteiger partial charge is 0.331 e. The molecule has 0 fully saturated rings. The topological polar surface area (TPSA) is 77.3 Å². The third-order valence-corrected chi connectivity index (χ3v) is 1.79. The average Bonchev–Trinajstić information content (AvgIpc) is 2.25. The summed E-state index contributed by atoms with van der Waals surface area (Å²) in [6.07, 6.45) is 0.959.